The number of ether oxygens (including phenoxy) is 2. The van der Waals surface area contributed by atoms with Crippen LogP contribution in [-0.4, -0.2) is 62.9 Å². The fourth-order valence-corrected chi connectivity index (χ4v) is 3.31. The van der Waals surface area contributed by atoms with Gasteiger partial charge in [-0.25, -0.2) is 0 Å². The van der Waals surface area contributed by atoms with Crippen LogP contribution in [0.25, 0.3) is 0 Å². The van der Waals surface area contributed by atoms with Crippen LogP contribution in [0.5, 0.6) is 5.75 Å². The molecule has 0 spiro atoms. The number of benzene rings is 1. The number of nitrogens with zero attached hydrogens (tertiary/aromatic N) is 2. The maximum Gasteiger partial charge on any atom is 0.191 e. The van der Waals surface area contributed by atoms with E-state index in [2.05, 4.69) is 66.4 Å². The summed E-state index contributed by atoms with van der Waals surface area (Å²) >= 11 is 0. The second-order valence-electron chi connectivity index (χ2n) is 7.28. The van der Waals surface area contributed by atoms with Crippen LogP contribution in [0.4, 0.5) is 0 Å². The van der Waals surface area contributed by atoms with E-state index in [-0.39, 0.29) is 24.0 Å². The molecular formula is C21H37IN4O2. The van der Waals surface area contributed by atoms with Crippen molar-refractivity contribution in [3.8, 4) is 5.75 Å². The van der Waals surface area contributed by atoms with Crippen molar-refractivity contribution in [1.82, 2.24) is 15.5 Å². The molecular weight excluding hydrogens is 467 g/mol. The number of guanidine groups is 1. The van der Waals surface area contributed by atoms with Gasteiger partial charge in [0, 0.05) is 44.3 Å². The largest absolute Gasteiger partial charge is 0.493 e. The minimum absolute atomic E-state index is 0. The SMILES string of the molecule is CCCOc1cc(C)ccc1CNC(=NC)NCC(C)N1CCOCC1C.I. The van der Waals surface area contributed by atoms with Gasteiger partial charge in [-0.15, -0.1) is 24.0 Å². The summed E-state index contributed by atoms with van der Waals surface area (Å²) in [6.07, 6.45) is 1.00. The topological polar surface area (TPSA) is 58.1 Å². The first-order chi connectivity index (χ1) is 13.0. The van der Waals surface area contributed by atoms with Crippen molar-refractivity contribution < 1.29 is 9.47 Å². The summed E-state index contributed by atoms with van der Waals surface area (Å²) in [4.78, 5) is 6.85. The Kier molecular flexibility index (Phi) is 11.8. The van der Waals surface area contributed by atoms with Gasteiger partial charge in [0.1, 0.15) is 5.75 Å². The summed E-state index contributed by atoms with van der Waals surface area (Å²) in [5.74, 6) is 1.76. The summed E-state index contributed by atoms with van der Waals surface area (Å²) in [6, 6.07) is 7.22. The molecule has 1 aliphatic rings. The molecule has 160 valence electrons. The third-order valence-electron chi connectivity index (χ3n) is 4.90. The van der Waals surface area contributed by atoms with Crippen LogP contribution in [0.3, 0.4) is 0 Å². The van der Waals surface area contributed by atoms with E-state index in [4.69, 9.17) is 9.47 Å². The summed E-state index contributed by atoms with van der Waals surface area (Å²) in [7, 11) is 1.81. The van der Waals surface area contributed by atoms with Gasteiger partial charge in [0.15, 0.2) is 5.96 Å². The summed E-state index contributed by atoms with van der Waals surface area (Å²) in [6.45, 7) is 13.5. The maximum atomic E-state index is 5.90. The number of hydrogen-bond acceptors (Lipinski definition) is 4. The van der Waals surface area contributed by atoms with Crippen molar-refractivity contribution in [2.45, 2.75) is 52.7 Å². The van der Waals surface area contributed by atoms with Gasteiger partial charge >= 0.3 is 0 Å². The van der Waals surface area contributed by atoms with Crippen LogP contribution in [0.1, 0.15) is 38.3 Å². The molecule has 1 aliphatic heterocycles. The monoisotopic (exact) mass is 504 g/mol. The molecule has 2 atom stereocenters. The molecule has 1 fully saturated rings. The smallest absolute Gasteiger partial charge is 0.191 e. The van der Waals surface area contributed by atoms with Gasteiger partial charge in [0.2, 0.25) is 0 Å². The molecule has 1 heterocycles. The van der Waals surface area contributed by atoms with Crippen molar-refractivity contribution in [1.29, 1.82) is 0 Å². The van der Waals surface area contributed by atoms with Gasteiger partial charge in [-0.05, 0) is 38.8 Å². The van der Waals surface area contributed by atoms with E-state index in [0.29, 0.717) is 18.6 Å². The summed E-state index contributed by atoms with van der Waals surface area (Å²) < 4.78 is 11.4. The molecule has 0 saturated carbocycles. The number of halogens is 1. The average molecular weight is 504 g/mol. The first-order valence-corrected chi connectivity index (χ1v) is 10.1. The highest BCUT2D eigenvalue weighted by Crippen LogP contribution is 2.20. The van der Waals surface area contributed by atoms with Crippen molar-refractivity contribution in [2.24, 2.45) is 4.99 Å². The van der Waals surface area contributed by atoms with E-state index < -0.39 is 0 Å². The van der Waals surface area contributed by atoms with Gasteiger partial charge in [-0.1, -0.05) is 19.1 Å². The fraction of sp³-hybridized carbons (Fsp3) is 0.667. The van der Waals surface area contributed by atoms with Crippen LogP contribution >= 0.6 is 24.0 Å². The minimum Gasteiger partial charge on any atom is -0.493 e. The van der Waals surface area contributed by atoms with E-state index in [0.717, 1.165) is 56.6 Å². The van der Waals surface area contributed by atoms with Crippen LogP contribution in [0.15, 0.2) is 23.2 Å². The Bertz CT molecular complexity index is 612. The van der Waals surface area contributed by atoms with Gasteiger partial charge in [0.25, 0.3) is 0 Å². The average Bonchev–Trinajstić information content (AvgIpc) is 2.67. The van der Waals surface area contributed by atoms with Crippen molar-refractivity contribution in [3.05, 3.63) is 29.3 Å². The van der Waals surface area contributed by atoms with Crippen LogP contribution in [-0.2, 0) is 11.3 Å². The molecule has 28 heavy (non-hydrogen) atoms. The van der Waals surface area contributed by atoms with E-state index in [9.17, 15) is 0 Å². The van der Waals surface area contributed by atoms with Crippen LogP contribution < -0.4 is 15.4 Å². The Morgan fingerprint density at radius 2 is 2.18 bits per heavy atom. The zero-order chi connectivity index (χ0) is 19.6. The Morgan fingerprint density at radius 3 is 2.86 bits per heavy atom. The zero-order valence-electron chi connectivity index (χ0n) is 18.0. The predicted molar refractivity (Wildman–Crippen MR) is 127 cm³/mol. The third kappa shape index (κ3) is 7.75. The zero-order valence-corrected chi connectivity index (χ0v) is 20.3. The summed E-state index contributed by atoms with van der Waals surface area (Å²) in [5.41, 5.74) is 2.35. The molecule has 7 heteroatoms. The van der Waals surface area contributed by atoms with Gasteiger partial charge in [0.05, 0.1) is 19.8 Å². The quantitative estimate of drug-likeness (QED) is 0.324. The van der Waals surface area contributed by atoms with Gasteiger partial charge in [-0.2, -0.15) is 0 Å². The molecule has 2 rings (SSSR count). The van der Waals surface area contributed by atoms with E-state index in [1.165, 1.54) is 5.56 Å². The number of morpholine rings is 1. The minimum atomic E-state index is 0. The predicted octanol–water partition coefficient (Wildman–Crippen LogP) is 3.18. The van der Waals surface area contributed by atoms with Crippen molar-refractivity contribution in [3.63, 3.8) is 0 Å². The molecule has 1 aromatic rings. The standard InChI is InChI=1S/C21H36N4O2.HI/c1-6-10-27-20-12-16(2)7-8-19(20)14-24-21(22-5)23-13-17(3)25-9-11-26-15-18(25)4;/h7-8,12,17-18H,6,9-11,13-15H2,1-5H3,(H2,22,23,24);1H. The van der Waals surface area contributed by atoms with E-state index in [1.807, 2.05) is 0 Å². The molecule has 0 bridgehead atoms. The second-order valence-corrected chi connectivity index (χ2v) is 7.28. The normalized spacial score (nSPS) is 18.9. The van der Waals surface area contributed by atoms with Crippen LogP contribution in [0, 0.1) is 6.92 Å². The molecule has 6 nitrogen and oxygen atoms in total. The molecule has 0 amide bonds. The molecule has 1 saturated heterocycles. The Hall–Kier alpha value is -1.06. The molecule has 1 aromatic carbocycles. The highest BCUT2D eigenvalue weighted by molar-refractivity contribution is 14.0. The number of aryl methyl sites for hydroxylation is 1. The maximum absolute atomic E-state index is 5.90. The van der Waals surface area contributed by atoms with Crippen LogP contribution in [0.2, 0.25) is 0 Å². The van der Waals surface area contributed by atoms with Crippen molar-refractivity contribution in [2.75, 3.05) is 40.0 Å². The lowest BCUT2D eigenvalue weighted by Crippen LogP contribution is -2.52. The van der Waals surface area contributed by atoms with Gasteiger partial charge in [-0.3, -0.25) is 9.89 Å². The Balaban J connectivity index is 0.00000392. The lowest BCUT2D eigenvalue weighted by molar-refractivity contribution is -0.0174. The number of hydrogen-bond donors (Lipinski definition) is 2. The third-order valence-corrected chi connectivity index (χ3v) is 4.90. The number of aliphatic imine (C=N–C) groups is 1. The molecule has 0 aliphatic carbocycles. The van der Waals surface area contributed by atoms with E-state index in [1.54, 1.807) is 7.05 Å². The first kappa shape index (κ1) is 25.0. The van der Waals surface area contributed by atoms with E-state index >= 15 is 0 Å². The molecule has 2 unspecified atom stereocenters. The molecule has 0 radical (unpaired) electrons. The number of nitrogens with one attached hydrogen (secondary N) is 2. The Morgan fingerprint density at radius 1 is 1.39 bits per heavy atom. The highest BCUT2D eigenvalue weighted by Gasteiger charge is 2.23. The van der Waals surface area contributed by atoms with Crippen molar-refractivity contribution >= 4 is 29.9 Å². The Labute approximate surface area is 187 Å². The lowest BCUT2D eigenvalue weighted by Gasteiger charge is -2.38. The van der Waals surface area contributed by atoms with Gasteiger partial charge < -0.3 is 20.1 Å². The fourth-order valence-electron chi connectivity index (χ4n) is 3.31. The molecule has 0 aromatic heterocycles. The second kappa shape index (κ2) is 13.2. The molecule has 2 N–H and O–H groups in total. The first-order valence-electron chi connectivity index (χ1n) is 10.1. The number of rotatable bonds is 8. The lowest BCUT2D eigenvalue weighted by atomic mass is 10.1. The highest BCUT2D eigenvalue weighted by atomic mass is 127. The summed E-state index contributed by atoms with van der Waals surface area (Å²) in [5, 5.41) is 6.85.